The number of hydrogen-bond donors (Lipinski definition) is 2. The summed E-state index contributed by atoms with van der Waals surface area (Å²) in [5, 5.41) is 0.883. The molecule has 0 aromatic heterocycles. The molecule has 1 unspecified atom stereocenters. The van der Waals surface area contributed by atoms with Gasteiger partial charge in [-0.2, -0.15) is 11.8 Å². The first-order valence-electron chi connectivity index (χ1n) is 8.00. The van der Waals surface area contributed by atoms with Crippen LogP contribution < -0.4 is 11.3 Å². The molecule has 1 aliphatic carbocycles. The summed E-state index contributed by atoms with van der Waals surface area (Å²) >= 11 is 2.13. The van der Waals surface area contributed by atoms with E-state index in [1.54, 1.807) is 0 Å². The molecule has 1 fully saturated rings. The minimum Gasteiger partial charge on any atom is -0.271 e. The van der Waals surface area contributed by atoms with Crippen LogP contribution in [0.25, 0.3) is 0 Å². The van der Waals surface area contributed by atoms with Gasteiger partial charge in [-0.1, -0.05) is 49.6 Å². The predicted octanol–water partition coefficient (Wildman–Crippen LogP) is 3.91. The lowest BCUT2D eigenvalue weighted by atomic mass is 10.0. The van der Waals surface area contributed by atoms with Gasteiger partial charge in [-0.3, -0.25) is 11.3 Å². The Bertz CT molecular complexity index is 349. The van der Waals surface area contributed by atoms with E-state index in [1.807, 2.05) is 0 Å². The first-order valence-corrected chi connectivity index (χ1v) is 9.05. The average Bonchev–Trinajstić information content (AvgIpc) is 2.52. The van der Waals surface area contributed by atoms with Gasteiger partial charge < -0.3 is 0 Å². The number of aryl methyl sites for hydroxylation is 1. The molecule has 1 aromatic rings. The second kappa shape index (κ2) is 9.43. The number of hydrazine groups is 1. The highest BCUT2D eigenvalue weighted by Crippen LogP contribution is 2.28. The first-order chi connectivity index (χ1) is 9.88. The first kappa shape index (κ1) is 15.9. The van der Waals surface area contributed by atoms with Crippen molar-refractivity contribution in [3.8, 4) is 0 Å². The zero-order chi connectivity index (χ0) is 14.0. The molecule has 0 bridgehead atoms. The van der Waals surface area contributed by atoms with Gasteiger partial charge in [0, 0.05) is 17.0 Å². The van der Waals surface area contributed by atoms with Gasteiger partial charge in [0.15, 0.2) is 0 Å². The maximum absolute atomic E-state index is 5.70. The Morgan fingerprint density at radius 2 is 1.90 bits per heavy atom. The number of hydrogen-bond acceptors (Lipinski definition) is 3. The number of nitrogens with one attached hydrogen (secondary N) is 1. The van der Waals surface area contributed by atoms with Crippen LogP contribution in [-0.4, -0.2) is 17.0 Å². The third kappa shape index (κ3) is 5.86. The van der Waals surface area contributed by atoms with E-state index >= 15 is 0 Å². The quantitative estimate of drug-likeness (QED) is 0.563. The largest absolute Gasteiger partial charge is 0.271 e. The topological polar surface area (TPSA) is 38.0 Å². The van der Waals surface area contributed by atoms with Crippen molar-refractivity contribution in [3.05, 3.63) is 35.9 Å². The highest BCUT2D eigenvalue weighted by atomic mass is 32.2. The van der Waals surface area contributed by atoms with Gasteiger partial charge in [0.05, 0.1) is 0 Å². The smallest absolute Gasteiger partial charge is 0.0301 e. The van der Waals surface area contributed by atoms with Crippen LogP contribution in [-0.2, 0) is 6.42 Å². The van der Waals surface area contributed by atoms with Crippen molar-refractivity contribution >= 4 is 11.8 Å². The van der Waals surface area contributed by atoms with Crippen molar-refractivity contribution in [2.75, 3.05) is 5.75 Å². The second-order valence-electron chi connectivity index (χ2n) is 5.83. The fraction of sp³-hybridized carbons (Fsp3) is 0.647. The van der Waals surface area contributed by atoms with E-state index in [0.29, 0.717) is 6.04 Å². The van der Waals surface area contributed by atoms with Crippen LogP contribution >= 0.6 is 11.8 Å². The molecule has 3 N–H and O–H groups in total. The van der Waals surface area contributed by atoms with E-state index in [2.05, 4.69) is 47.5 Å². The van der Waals surface area contributed by atoms with Crippen molar-refractivity contribution in [1.29, 1.82) is 0 Å². The lowest BCUT2D eigenvalue weighted by Gasteiger charge is -2.23. The second-order valence-corrected chi connectivity index (χ2v) is 7.17. The molecule has 3 heteroatoms. The van der Waals surface area contributed by atoms with Gasteiger partial charge in [-0.05, 0) is 37.7 Å². The molecule has 0 spiro atoms. The number of benzene rings is 1. The number of thioether (sulfide) groups is 1. The summed E-state index contributed by atoms with van der Waals surface area (Å²) in [7, 11) is 0. The van der Waals surface area contributed by atoms with Gasteiger partial charge in [0.1, 0.15) is 0 Å². The van der Waals surface area contributed by atoms with Crippen molar-refractivity contribution in [2.24, 2.45) is 5.84 Å². The van der Waals surface area contributed by atoms with Crippen LogP contribution in [0.1, 0.15) is 50.5 Å². The fourth-order valence-corrected chi connectivity index (χ4v) is 4.33. The van der Waals surface area contributed by atoms with Gasteiger partial charge in [0.2, 0.25) is 0 Å². The maximum atomic E-state index is 5.70. The SMILES string of the molecule is NNC(CCCc1ccccc1)CSC1CCCCC1. The van der Waals surface area contributed by atoms with Gasteiger partial charge >= 0.3 is 0 Å². The summed E-state index contributed by atoms with van der Waals surface area (Å²) < 4.78 is 0. The van der Waals surface area contributed by atoms with E-state index in [0.717, 1.165) is 17.4 Å². The number of rotatable bonds is 8. The Morgan fingerprint density at radius 1 is 1.15 bits per heavy atom. The molecule has 1 saturated carbocycles. The zero-order valence-electron chi connectivity index (χ0n) is 12.4. The molecule has 0 saturated heterocycles. The van der Waals surface area contributed by atoms with Crippen molar-refractivity contribution < 1.29 is 0 Å². The van der Waals surface area contributed by atoms with Crippen molar-refractivity contribution in [1.82, 2.24) is 5.43 Å². The monoisotopic (exact) mass is 292 g/mol. The average molecular weight is 292 g/mol. The summed E-state index contributed by atoms with van der Waals surface area (Å²) in [6.07, 6.45) is 10.6. The molecule has 0 aliphatic heterocycles. The minimum atomic E-state index is 0.464. The predicted molar refractivity (Wildman–Crippen MR) is 89.8 cm³/mol. The summed E-state index contributed by atoms with van der Waals surface area (Å²) in [6.45, 7) is 0. The van der Waals surface area contributed by atoms with Crippen LogP contribution in [0.3, 0.4) is 0 Å². The Labute approximate surface area is 127 Å². The zero-order valence-corrected chi connectivity index (χ0v) is 13.2. The van der Waals surface area contributed by atoms with Crippen molar-refractivity contribution in [2.45, 2.75) is 62.7 Å². The van der Waals surface area contributed by atoms with Crippen LogP contribution in [0, 0.1) is 0 Å². The molecule has 2 rings (SSSR count). The van der Waals surface area contributed by atoms with Gasteiger partial charge in [-0.15, -0.1) is 0 Å². The molecule has 1 aromatic carbocycles. The lowest BCUT2D eigenvalue weighted by molar-refractivity contribution is 0.504. The van der Waals surface area contributed by atoms with E-state index in [1.165, 1.54) is 50.5 Å². The summed E-state index contributed by atoms with van der Waals surface area (Å²) in [5.74, 6) is 6.87. The molecule has 0 amide bonds. The standard InChI is InChI=1S/C17H28N2S/c18-19-16(14-20-17-12-5-2-6-13-17)11-7-10-15-8-3-1-4-9-15/h1,3-4,8-9,16-17,19H,2,5-7,10-14,18H2. The third-order valence-corrected chi connectivity index (χ3v) is 5.72. The van der Waals surface area contributed by atoms with Gasteiger partial charge in [-0.25, -0.2) is 0 Å². The highest BCUT2D eigenvalue weighted by molar-refractivity contribution is 7.99. The minimum absolute atomic E-state index is 0.464. The van der Waals surface area contributed by atoms with E-state index in [9.17, 15) is 0 Å². The molecular weight excluding hydrogens is 264 g/mol. The third-order valence-electron chi connectivity index (χ3n) is 4.18. The van der Waals surface area contributed by atoms with E-state index in [4.69, 9.17) is 5.84 Å². The summed E-state index contributed by atoms with van der Waals surface area (Å²) in [6, 6.07) is 11.2. The van der Waals surface area contributed by atoms with E-state index in [-0.39, 0.29) is 0 Å². The molecule has 20 heavy (non-hydrogen) atoms. The maximum Gasteiger partial charge on any atom is 0.0301 e. The lowest BCUT2D eigenvalue weighted by Crippen LogP contribution is -2.37. The molecule has 0 heterocycles. The number of nitrogens with two attached hydrogens (primary N) is 1. The Morgan fingerprint density at radius 3 is 2.60 bits per heavy atom. The molecule has 1 aliphatic rings. The molecule has 112 valence electrons. The summed E-state index contributed by atoms with van der Waals surface area (Å²) in [5.41, 5.74) is 4.44. The Kier molecular flexibility index (Phi) is 7.48. The highest BCUT2D eigenvalue weighted by Gasteiger charge is 2.16. The van der Waals surface area contributed by atoms with Crippen LogP contribution in [0.15, 0.2) is 30.3 Å². The molecular formula is C17H28N2S. The molecule has 1 atom stereocenters. The Balaban J connectivity index is 1.61. The van der Waals surface area contributed by atoms with E-state index < -0.39 is 0 Å². The summed E-state index contributed by atoms with van der Waals surface area (Å²) in [4.78, 5) is 0. The van der Waals surface area contributed by atoms with Crippen LogP contribution in [0.2, 0.25) is 0 Å². The van der Waals surface area contributed by atoms with Crippen molar-refractivity contribution in [3.63, 3.8) is 0 Å². The van der Waals surface area contributed by atoms with Crippen LogP contribution in [0.5, 0.6) is 0 Å². The molecule has 2 nitrogen and oxygen atoms in total. The van der Waals surface area contributed by atoms with Gasteiger partial charge in [0.25, 0.3) is 0 Å². The molecule has 0 radical (unpaired) electrons. The normalized spacial score (nSPS) is 18.1. The fourth-order valence-electron chi connectivity index (χ4n) is 2.90. The Hall–Kier alpha value is -0.510. The van der Waals surface area contributed by atoms with Crippen LogP contribution in [0.4, 0.5) is 0 Å².